The fraction of sp³-hybridized carbons (Fsp3) is 0.744. The lowest BCUT2D eigenvalue weighted by Gasteiger charge is -2.21. The van der Waals surface area contributed by atoms with E-state index in [4.69, 9.17) is 32.3 Å². The first kappa shape index (κ1) is 134. The maximum absolute atomic E-state index is 13.2. The number of aliphatic hydroxyl groups is 2. The van der Waals surface area contributed by atoms with E-state index in [1.165, 1.54) is 321 Å². The average molecular weight is 1980 g/mol. The van der Waals surface area contributed by atoms with Gasteiger partial charge in [0.2, 0.25) is 0 Å². The molecule has 0 fully saturated rings. The quantitative estimate of drug-likeness (QED) is 0.0146. The Morgan fingerprint density at radius 1 is 0.209 bits per heavy atom. The van der Waals surface area contributed by atoms with Crippen molar-refractivity contribution in [3.63, 3.8) is 0 Å². The van der Waals surface area contributed by atoms with Gasteiger partial charge in [-0.15, -0.1) is 0 Å². The zero-order chi connectivity index (χ0) is 101. The summed E-state index contributed by atoms with van der Waals surface area (Å²) in [4.78, 5) is 59.4. The van der Waals surface area contributed by atoms with Crippen LogP contribution in [0.4, 0.5) is 0 Å². The summed E-state index contributed by atoms with van der Waals surface area (Å²) in [6.45, 7) is 2.62. The molecule has 0 radical (unpaired) electrons. The van der Waals surface area contributed by atoms with E-state index in [0.29, 0.717) is 19.3 Å². The summed E-state index contributed by atoms with van der Waals surface area (Å²) < 4.78 is 61.9. The van der Waals surface area contributed by atoms with E-state index in [2.05, 4.69) is 191 Å². The van der Waals surface area contributed by atoms with Crippen molar-refractivity contribution in [1.29, 1.82) is 0 Å². The van der Waals surface area contributed by atoms with Gasteiger partial charge in [-0.2, -0.15) is 0 Å². The van der Waals surface area contributed by atoms with E-state index in [9.17, 15) is 43.5 Å². The second kappa shape index (κ2) is 112. The van der Waals surface area contributed by atoms with Gasteiger partial charge >= 0.3 is 33.6 Å². The van der Waals surface area contributed by atoms with E-state index < -0.39 is 91.5 Å². The van der Waals surface area contributed by atoms with Crippen LogP contribution in [-0.2, 0) is 55.8 Å². The predicted octanol–water partition coefficient (Wildman–Crippen LogP) is 37.2. The highest BCUT2D eigenvalue weighted by molar-refractivity contribution is 7.47. The number of unbranched alkanes of at least 4 members (excludes halogenated alkanes) is 58. The Labute approximate surface area is 853 Å². The molecule has 0 bridgehead atoms. The first-order valence-corrected chi connectivity index (χ1v) is 60.4. The normalized spacial score (nSPS) is 14.2. The third kappa shape index (κ3) is 113. The van der Waals surface area contributed by atoms with Gasteiger partial charge in [0, 0.05) is 19.3 Å². The van der Waals surface area contributed by atoms with Crippen molar-refractivity contribution in [2.75, 3.05) is 39.6 Å². The summed E-state index contributed by atoms with van der Waals surface area (Å²) in [6, 6.07) is 0. The van der Waals surface area contributed by atoms with Crippen molar-refractivity contribution in [2.45, 2.75) is 540 Å². The first-order valence-electron chi connectivity index (χ1n) is 57.4. The molecule has 0 aromatic carbocycles. The smallest absolute Gasteiger partial charge is 0.463 e. The summed E-state index contributed by atoms with van der Waals surface area (Å²) in [5, 5.41) is 20.9. The fourth-order valence-electron chi connectivity index (χ4n) is 16.3. The minimum Gasteiger partial charge on any atom is -0.463 e. The maximum Gasteiger partial charge on any atom is 0.472 e. The number of phosphoric acid groups is 2. The lowest BCUT2D eigenvalue weighted by molar-refractivity contribution is -0.161. The third-order valence-electron chi connectivity index (χ3n) is 24.9. The number of carbonyl (C=O) groups is 3. The minimum atomic E-state index is -4.95. The second-order valence-corrected chi connectivity index (χ2v) is 41.4. The molecule has 5 atom stereocenters. The monoisotopic (exact) mass is 1980 g/mol. The minimum absolute atomic E-state index is 0.106. The van der Waals surface area contributed by atoms with Crippen molar-refractivity contribution in [3.8, 4) is 0 Å². The highest BCUT2D eigenvalue weighted by Crippen LogP contribution is 2.45. The molecule has 0 aliphatic rings. The van der Waals surface area contributed by atoms with E-state index in [0.717, 1.165) is 141 Å². The lowest BCUT2D eigenvalue weighted by atomic mass is 10.0. The molecule has 139 heavy (non-hydrogen) atoms. The lowest BCUT2D eigenvalue weighted by Crippen LogP contribution is -2.30. The summed E-state index contributed by atoms with van der Waals surface area (Å²) in [6.07, 6.45) is 149. The Bertz CT molecular complexity index is 3210. The van der Waals surface area contributed by atoms with Crippen LogP contribution in [0.25, 0.3) is 0 Å². The van der Waals surface area contributed by atoms with Crippen molar-refractivity contribution in [1.82, 2.24) is 0 Å². The predicted molar refractivity (Wildman–Crippen MR) is 592 cm³/mol. The average Bonchev–Trinajstić information content (AvgIpc) is 0.891. The van der Waals surface area contributed by atoms with Crippen LogP contribution in [0.15, 0.2) is 170 Å². The Balaban J connectivity index is 4.59. The molecule has 0 rings (SSSR count). The van der Waals surface area contributed by atoms with Crippen LogP contribution >= 0.6 is 15.6 Å². The van der Waals surface area contributed by atoms with Gasteiger partial charge < -0.3 is 34.2 Å². The first-order chi connectivity index (χ1) is 68.2. The van der Waals surface area contributed by atoms with Gasteiger partial charge in [-0.05, 0) is 161 Å². The van der Waals surface area contributed by atoms with Crippen LogP contribution in [0.2, 0.25) is 0 Å². The molecule has 0 aliphatic heterocycles. The number of carbonyl (C=O) groups excluding carboxylic acids is 3. The number of phosphoric ester groups is 2. The number of hydrogen-bond acceptors (Lipinski definition) is 14. The zero-order valence-corrected chi connectivity index (χ0v) is 91.2. The van der Waals surface area contributed by atoms with Crippen LogP contribution in [-0.4, -0.2) is 95.9 Å². The van der Waals surface area contributed by atoms with Gasteiger partial charge in [0.15, 0.2) is 6.10 Å². The highest BCUT2D eigenvalue weighted by atomic mass is 31.2. The van der Waals surface area contributed by atoms with Crippen molar-refractivity contribution < 1.29 is 75.8 Å². The molecule has 0 saturated heterocycles. The van der Waals surface area contributed by atoms with Crippen LogP contribution in [0.3, 0.4) is 0 Å². The molecule has 0 aliphatic carbocycles. The van der Waals surface area contributed by atoms with Gasteiger partial charge in [-0.25, -0.2) is 9.13 Å². The van der Waals surface area contributed by atoms with Crippen molar-refractivity contribution in [3.05, 3.63) is 170 Å². The Hall–Kier alpha value is -5.09. The zero-order valence-electron chi connectivity index (χ0n) is 89.4. The third-order valence-corrected chi connectivity index (χ3v) is 26.8. The molecule has 5 unspecified atom stereocenters. The van der Waals surface area contributed by atoms with Gasteiger partial charge in [-0.3, -0.25) is 32.5 Å². The molecule has 18 heteroatoms. The standard InChI is InChI=1S/C121H212O16P2/c1-4-7-10-13-16-19-22-25-28-31-34-37-40-43-46-49-52-55-57-60-62-65-68-71-74-77-80-83-86-89-92-95-98-101-104-107-119(124)131-110-116(122)111-133-138(127,128)134-112-117(123)113-135-139(129,130)136-115-118(137-121(126)109-106-103-100-97-94-91-88-85-82-79-76-73-70-67-64-59-54-51-48-45-42-39-36-33-30-27-24-21-18-15-12-9-6-3)114-132-120(125)108-105-102-99-96-93-90-87-84-81-78-75-72-69-66-63-61-58-56-53-50-47-44-41-38-35-32-29-26-23-20-17-14-11-8-5-2/h7,10,16-21,25-30,34-39,43-48,52,55,116-118,122-123H,4-6,8-9,11-15,22-24,31-33,40-42,49-51,53-54,56-115H2,1-3H3,(H,127,128)(H,129,130)/b10-7-,19-16-,20-17-,21-18-,28-25-,29-26-,30-27-,37-34-,38-35-,39-36-,46-43-,47-44-,48-45-,55-52-. The number of esters is 3. The second-order valence-electron chi connectivity index (χ2n) is 38.5. The number of rotatable bonds is 109. The SMILES string of the molecule is CC/C=C\C/C=C\C/C=C\C/C=C\C/C=C\C/C=C\CCCCCCCCCCCCCCCCCCC(=O)OCC(O)COP(=O)(O)OCC(O)COP(=O)(O)OCC(COC(=O)CCCCCCCCCCCCCCCCCCCCC/C=C\C/C=C\C/C=C\C/C=C\CCCCC)OC(=O)CCCCCCCCCCCCCCCCCCC/C=C\C/C=C\C/C=C\C/C=C\CCCCC. The molecule has 802 valence electrons. The van der Waals surface area contributed by atoms with Gasteiger partial charge in [0.05, 0.1) is 26.4 Å². The summed E-state index contributed by atoms with van der Waals surface area (Å²) in [5.41, 5.74) is 0. The van der Waals surface area contributed by atoms with Crippen molar-refractivity contribution in [2.24, 2.45) is 0 Å². The van der Waals surface area contributed by atoms with E-state index >= 15 is 0 Å². The fourth-order valence-corrected chi connectivity index (χ4v) is 17.8. The van der Waals surface area contributed by atoms with Crippen molar-refractivity contribution >= 4 is 33.6 Å². The summed E-state index contributed by atoms with van der Waals surface area (Å²) >= 11 is 0. The highest BCUT2D eigenvalue weighted by Gasteiger charge is 2.30. The molecular weight excluding hydrogens is 1770 g/mol. The summed E-state index contributed by atoms with van der Waals surface area (Å²) in [5.74, 6) is -1.54. The number of ether oxygens (including phenoxy) is 3. The topological polar surface area (TPSA) is 231 Å². The van der Waals surface area contributed by atoms with Gasteiger partial charge in [-0.1, -0.05) is 512 Å². The Kier molecular flexibility index (Phi) is 108. The maximum atomic E-state index is 13.2. The Morgan fingerprint density at radius 3 is 0.604 bits per heavy atom. The van der Waals surface area contributed by atoms with Gasteiger partial charge in [0.1, 0.15) is 25.4 Å². The Morgan fingerprint density at radius 2 is 0.381 bits per heavy atom. The summed E-state index contributed by atoms with van der Waals surface area (Å²) in [7, 11) is -9.82. The number of allylic oxidation sites excluding steroid dienone is 28. The van der Waals surface area contributed by atoms with Crippen LogP contribution in [0.5, 0.6) is 0 Å². The molecule has 0 aromatic rings. The van der Waals surface area contributed by atoms with E-state index in [-0.39, 0.29) is 19.3 Å². The van der Waals surface area contributed by atoms with Crippen LogP contribution in [0.1, 0.15) is 522 Å². The molecule has 0 amide bonds. The number of hydrogen-bond donors (Lipinski definition) is 4. The molecule has 16 nitrogen and oxygen atoms in total. The molecular formula is C121H212O16P2. The van der Waals surface area contributed by atoms with E-state index in [1.54, 1.807) is 0 Å². The van der Waals surface area contributed by atoms with E-state index in [1.807, 2.05) is 0 Å². The largest absolute Gasteiger partial charge is 0.472 e. The molecule has 0 heterocycles. The molecule has 0 aromatic heterocycles. The van der Waals surface area contributed by atoms with Crippen LogP contribution in [0, 0.1) is 0 Å². The molecule has 0 spiro atoms. The molecule has 4 N–H and O–H groups in total. The van der Waals surface area contributed by atoms with Crippen LogP contribution < -0.4 is 0 Å². The molecule has 0 saturated carbocycles. The number of aliphatic hydroxyl groups excluding tert-OH is 2. The van der Waals surface area contributed by atoms with Gasteiger partial charge in [0.25, 0.3) is 0 Å².